The molecule has 0 fully saturated rings. The van der Waals surface area contributed by atoms with Crippen LogP contribution in [0.4, 0.5) is 0 Å². The molecule has 0 aliphatic rings. The number of unbranched alkanes of at least 4 members (excludes halogenated alkanes) is 1. The molecule has 0 bridgehead atoms. The van der Waals surface area contributed by atoms with Crippen molar-refractivity contribution in [3.8, 4) is 11.3 Å². The largest absolute Gasteiger partial charge is 0.241 e. The minimum Gasteiger partial charge on any atom is -0.241 e. The minimum atomic E-state index is 1.11. The van der Waals surface area contributed by atoms with Crippen LogP contribution in [0.3, 0.4) is 0 Å². The van der Waals surface area contributed by atoms with Crippen LogP contribution in [0.15, 0.2) is 28.7 Å². The van der Waals surface area contributed by atoms with Gasteiger partial charge in [-0.1, -0.05) is 41.4 Å². The van der Waals surface area contributed by atoms with Crippen LogP contribution in [0, 0.1) is 6.92 Å². The van der Waals surface area contributed by atoms with Crippen molar-refractivity contribution >= 4 is 27.3 Å². The van der Waals surface area contributed by atoms with E-state index in [9.17, 15) is 0 Å². The summed E-state index contributed by atoms with van der Waals surface area (Å²) in [5.74, 6) is 0. The van der Waals surface area contributed by atoms with Crippen molar-refractivity contribution in [3.63, 3.8) is 0 Å². The van der Waals surface area contributed by atoms with Crippen LogP contribution in [0.1, 0.15) is 29.7 Å². The van der Waals surface area contributed by atoms with Crippen LogP contribution in [-0.4, -0.2) is 4.98 Å². The van der Waals surface area contributed by atoms with Crippen LogP contribution in [0.2, 0.25) is 0 Å². The van der Waals surface area contributed by atoms with E-state index in [1.807, 2.05) is 11.3 Å². The molecule has 0 radical (unpaired) electrons. The van der Waals surface area contributed by atoms with Crippen LogP contribution in [0.5, 0.6) is 0 Å². The lowest BCUT2D eigenvalue weighted by Crippen LogP contribution is -1.84. The first kappa shape index (κ1) is 12.8. The number of nitrogens with zero attached hydrogens (tertiary/aromatic N) is 1. The quantitative estimate of drug-likeness (QED) is 0.754. The molecule has 2 rings (SSSR count). The first-order valence-corrected chi connectivity index (χ1v) is 7.54. The van der Waals surface area contributed by atoms with Gasteiger partial charge in [-0.2, -0.15) is 0 Å². The number of benzene rings is 1. The standard InChI is InChI=1S/C14H16BrNS/c1-3-4-5-13-16-14(10(2)17-13)11-6-8-12(15)9-7-11/h6-9H,3-5H2,1-2H3. The fraction of sp³-hybridized carbons (Fsp3) is 0.357. The summed E-state index contributed by atoms with van der Waals surface area (Å²) in [4.78, 5) is 6.07. The maximum atomic E-state index is 4.75. The van der Waals surface area contributed by atoms with Gasteiger partial charge in [-0.05, 0) is 31.9 Å². The lowest BCUT2D eigenvalue weighted by molar-refractivity contribution is 0.790. The fourth-order valence-electron chi connectivity index (χ4n) is 1.76. The molecule has 1 aromatic heterocycles. The number of hydrogen-bond acceptors (Lipinski definition) is 2. The van der Waals surface area contributed by atoms with E-state index < -0.39 is 0 Å². The molecule has 2 aromatic rings. The molecule has 0 amide bonds. The van der Waals surface area contributed by atoms with E-state index in [4.69, 9.17) is 4.98 Å². The van der Waals surface area contributed by atoms with Gasteiger partial charge < -0.3 is 0 Å². The smallest absolute Gasteiger partial charge is 0.0935 e. The van der Waals surface area contributed by atoms with E-state index in [1.165, 1.54) is 28.3 Å². The van der Waals surface area contributed by atoms with Gasteiger partial charge in [-0.25, -0.2) is 4.98 Å². The molecule has 3 heteroatoms. The van der Waals surface area contributed by atoms with Gasteiger partial charge in [-0.3, -0.25) is 0 Å². The van der Waals surface area contributed by atoms with Crippen LogP contribution >= 0.6 is 27.3 Å². The number of rotatable bonds is 4. The summed E-state index contributed by atoms with van der Waals surface area (Å²) in [6.07, 6.45) is 3.57. The third-order valence-electron chi connectivity index (χ3n) is 2.70. The topological polar surface area (TPSA) is 12.9 Å². The number of thiazole rings is 1. The van der Waals surface area contributed by atoms with E-state index in [-0.39, 0.29) is 0 Å². The highest BCUT2D eigenvalue weighted by Gasteiger charge is 2.09. The second-order valence-electron chi connectivity index (χ2n) is 4.12. The van der Waals surface area contributed by atoms with Crippen LogP contribution in [0.25, 0.3) is 11.3 Å². The molecule has 1 nitrogen and oxygen atoms in total. The maximum Gasteiger partial charge on any atom is 0.0935 e. The third-order valence-corrected chi connectivity index (χ3v) is 4.26. The van der Waals surface area contributed by atoms with Crippen LogP contribution in [-0.2, 0) is 6.42 Å². The van der Waals surface area contributed by atoms with E-state index >= 15 is 0 Å². The molecular weight excluding hydrogens is 294 g/mol. The number of aromatic nitrogens is 1. The summed E-state index contributed by atoms with van der Waals surface area (Å²) in [5.41, 5.74) is 2.36. The highest BCUT2D eigenvalue weighted by atomic mass is 79.9. The minimum absolute atomic E-state index is 1.11. The van der Waals surface area contributed by atoms with Crippen molar-refractivity contribution in [3.05, 3.63) is 38.6 Å². The summed E-state index contributed by atoms with van der Waals surface area (Å²) in [5, 5.41) is 1.27. The first-order valence-electron chi connectivity index (χ1n) is 5.93. The highest BCUT2D eigenvalue weighted by molar-refractivity contribution is 9.10. The Kier molecular flexibility index (Phi) is 4.35. The van der Waals surface area contributed by atoms with Gasteiger partial charge in [0.15, 0.2) is 0 Å². The summed E-state index contributed by atoms with van der Waals surface area (Å²) < 4.78 is 1.11. The number of halogens is 1. The maximum absolute atomic E-state index is 4.75. The molecule has 17 heavy (non-hydrogen) atoms. The van der Waals surface area contributed by atoms with Crippen LogP contribution < -0.4 is 0 Å². The second kappa shape index (κ2) is 5.78. The Balaban J connectivity index is 2.26. The Hall–Kier alpha value is -0.670. The van der Waals surface area contributed by atoms with Gasteiger partial charge >= 0.3 is 0 Å². The molecule has 0 unspecified atom stereocenters. The molecule has 1 heterocycles. The molecule has 0 N–H and O–H groups in total. The zero-order chi connectivity index (χ0) is 12.3. The predicted octanol–water partition coefficient (Wildman–Crippen LogP) is 5.22. The van der Waals surface area contributed by atoms with Gasteiger partial charge in [-0.15, -0.1) is 11.3 Å². The van der Waals surface area contributed by atoms with Gasteiger partial charge in [0.2, 0.25) is 0 Å². The van der Waals surface area contributed by atoms with Crippen molar-refractivity contribution in [1.29, 1.82) is 0 Å². The number of aryl methyl sites for hydroxylation is 2. The summed E-state index contributed by atoms with van der Waals surface area (Å²) >= 11 is 5.29. The molecule has 0 aliphatic carbocycles. The van der Waals surface area contributed by atoms with Crippen molar-refractivity contribution in [2.24, 2.45) is 0 Å². The lowest BCUT2D eigenvalue weighted by atomic mass is 10.1. The Morgan fingerprint density at radius 1 is 1.24 bits per heavy atom. The highest BCUT2D eigenvalue weighted by Crippen LogP contribution is 2.29. The van der Waals surface area contributed by atoms with Crippen molar-refractivity contribution < 1.29 is 0 Å². The summed E-state index contributed by atoms with van der Waals surface area (Å²) in [6, 6.07) is 8.38. The molecule has 1 aromatic carbocycles. The summed E-state index contributed by atoms with van der Waals surface area (Å²) in [6.45, 7) is 4.38. The Bertz CT molecular complexity index is 487. The van der Waals surface area contributed by atoms with E-state index in [0.29, 0.717) is 0 Å². The average Bonchev–Trinajstić information content (AvgIpc) is 2.69. The molecule has 0 saturated carbocycles. The second-order valence-corrected chi connectivity index (χ2v) is 6.33. The number of hydrogen-bond donors (Lipinski definition) is 0. The van der Waals surface area contributed by atoms with Crippen molar-refractivity contribution in [2.45, 2.75) is 33.1 Å². The Morgan fingerprint density at radius 3 is 2.59 bits per heavy atom. The Labute approximate surface area is 115 Å². The average molecular weight is 310 g/mol. The van der Waals surface area contributed by atoms with Gasteiger partial charge in [0.25, 0.3) is 0 Å². The zero-order valence-electron chi connectivity index (χ0n) is 10.2. The predicted molar refractivity (Wildman–Crippen MR) is 78.6 cm³/mol. The van der Waals surface area contributed by atoms with E-state index in [0.717, 1.165) is 16.6 Å². The molecular formula is C14H16BrNS. The summed E-state index contributed by atoms with van der Waals surface area (Å²) in [7, 11) is 0. The molecule has 0 saturated heterocycles. The van der Waals surface area contributed by atoms with Crippen molar-refractivity contribution in [2.75, 3.05) is 0 Å². The van der Waals surface area contributed by atoms with E-state index in [2.05, 4.69) is 54.0 Å². The fourth-order valence-corrected chi connectivity index (χ4v) is 3.02. The van der Waals surface area contributed by atoms with Gasteiger partial charge in [0, 0.05) is 14.9 Å². The zero-order valence-corrected chi connectivity index (χ0v) is 12.6. The van der Waals surface area contributed by atoms with Gasteiger partial charge in [0.05, 0.1) is 10.7 Å². The first-order chi connectivity index (χ1) is 8.20. The monoisotopic (exact) mass is 309 g/mol. The molecule has 0 atom stereocenters. The normalized spacial score (nSPS) is 10.8. The molecule has 90 valence electrons. The van der Waals surface area contributed by atoms with Crippen molar-refractivity contribution in [1.82, 2.24) is 4.98 Å². The Morgan fingerprint density at radius 2 is 1.94 bits per heavy atom. The lowest BCUT2D eigenvalue weighted by Gasteiger charge is -1.98. The molecule has 0 aliphatic heterocycles. The third kappa shape index (κ3) is 3.17. The van der Waals surface area contributed by atoms with Gasteiger partial charge in [0.1, 0.15) is 0 Å². The van der Waals surface area contributed by atoms with E-state index in [1.54, 1.807) is 0 Å². The molecule has 0 spiro atoms. The SMILES string of the molecule is CCCCc1nc(-c2ccc(Br)cc2)c(C)s1.